The van der Waals surface area contributed by atoms with Crippen molar-refractivity contribution in [2.24, 2.45) is 7.05 Å². The molecule has 1 aromatic heterocycles. The van der Waals surface area contributed by atoms with E-state index in [2.05, 4.69) is 15.6 Å². The van der Waals surface area contributed by atoms with Gasteiger partial charge in [0.25, 0.3) is 0 Å². The van der Waals surface area contributed by atoms with Crippen LogP contribution >= 0.6 is 12.4 Å². The van der Waals surface area contributed by atoms with Crippen molar-refractivity contribution in [2.45, 2.75) is 13.0 Å². The van der Waals surface area contributed by atoms with Gasteiger partial charge in [-0.25, -0.2) is 0 Å². The Labute approximate surface area is 71.4 Å². The summed E-state index contributed by atoms with van der Waals surface area (Å²) in [6, 6.07) is 0. The average Bonchev–Trinajstić information content (AvgIpc) is 2.34. The van der Waals surface area contributed by atoms with E-state index in [9.17, 15) is 0 Å². The highest BCUT2D eigenvalue weighted by molar-refractivity contribution is 5.85. The predicted octanol–water partition coefficient (Wildman–Crippen LogP) is -0.117. The van der Waals surface area contributed by atoms with Gasteiger partial charge in [-0.05, 0) is 0 Å². The molecule has 62 valence electrons. The average molecular weight is 175 g/mol. The largest absolute Gasteiger partial charge is 0.311 e. The second-order valence-electron chi connectivity index (χ2n) is 2.53. The molecule has 0 radical (unpaired) electrons. The molecule has 1 aromatic rings. The number of rotatable bonds is 0. The zero-order valence-electron chi connectivity index (χ0n) is 6.37. The van der Waals surface area contributed by atoms with Crippen molar-refractivity contribution in [1.82, 2.24) is 20.3 Å². The number of nitrogens with one attached hydrogen (secondary N) is 1. The molecule has 0 amide bonds. The van der Waals surface area contributed by atoms with Crippen LogP contribution in [0.1, 0.15) is 11.4 Å². The molecule has 2 rings (SSSR count). The molecule has 4 nitrogen and oxygen atoms in total. The Kier molecular flexibility index (Phi) is 2.46. The lowest BCUT2D eigenvalue weighted by atomic mass is 10.2. The summed E-state index contributed by atoms with van der Waals surface area (Å²) in [6.07, 6.45) is 1.02. The lowest BCUT2D eigenvalue weighted by Crippen LogP contribution is -2.24. The van der Waals surface area contributed by atoms with Crippen LogP contribution in [0, 0.1) is 0 Å². The fourth-order valence-corrected chi connectivity index (χ4v) is 1.24. The third-order valence-corrected chi connectivity index (χ3v) is 1.85. The van der Waals surface area contributed by atoms with E-state index in [1.54, 1.807) is 0 Å². The molecule has 1 aliphatic heterocycles. The van der Waals surface area contributed by atoms with Gasteiger partial charge in [-0.3, -0.25) is 4.68 Å². The van der Waals surface area contributed by atoms with E-state index in [1.165, 1.54) is 5.69 Å². The molecular formula is C6H11ClN4. The quantitative estimate of drug-likeness (QED) is 0.597. The van der Waals surface area contributed by atoms with Crippen LogP contribution < -0.4 is 5.32 Å². The van der Waals surface area contributed by atoms with Gasteiger partial charge in [0.2, 0.25) is 0 Å². The van der Waals surface area contributed by atoms with Gasteiger partial charge in [0, 0.05) is 26.6 Å². The summed E-state index contributed by atoms with van der Waals surface area (Å²) in [5.74, 6) is 0. The summed E-state index contributed by atoms with van der Waals surface area (Å²) in [6.45, 7) is 1.95. The monoisotopic (exact) mass is 174 g/mol. The van der Waals surface area contributed by atoms with Crippen molar-refractivity contribution in [3.63, 3.8) is 0 Å². The van der Waals surface area contributed by atoms with Crippen molar-refractivity contribution < 1.29 is 0 Å². The minimum Gasteiger partial charge on any atom is -0.311 e. The minimum absolute atomic E-state index is 0. The van der Waals surface area contributed by atoms with Crippen LogP contribution in [0.15, 0.2) is 0 Å². The first-order chi connectivity index (χ1) is 4.88. The Hall–Kier alpha value is -0.610. The molecule has 0 atom stereocenters. The Morgan fingerprint density at radius 2 is 2.36 bits per heavy atom. The van der Waals surface area contributed by atoms with Gasteiger partial charge in [0.1, 0.15) is 0 Å². The SMILES string of the molecule is Cl.Cn1nnc2c1CNCC2. The highest BCUT2D eigenvalue weighted by Crippen LogP contribution is 2.07. The van der Waals surface area contributed by atoms with E-state index in [0.717, 1.165) is 25.2 Å². The normalized spacial score (nSPS) is 15.4. The minimum atomic E-state index is 0. The van der Waals surface area contributed by atoms with Crippen LogP contribution in [0.4, 0.5) is 0 Å². The zero-order chi connectivity index (χ0) is 6.97. The fourth-order valence-electron chi connectivity index (χ4n) is 1.24. The van der Waals surface area contributed by atoms with Gasteiger partial charge in [0.15, 0.2) is 0 Å². The highest BCUT2D eigenvalue weighted by Gasteiger charge is 2.13. The van der Waals surface area contributed by atoms with Crippen LogP contribution in [-0.2, 0) is 20.0 Å². The molecule has 5 heteroatoms. The molecule has 11 heavy (non-hydrogen) atoms. The number of hydrogen-bond donors (Lipinski definition) is 1. The highest BCUT2D eigenvalue weighted by atomic mass is 35.5. The van der Waals surface area contributed by atoms with Crippen molar-refractivity contribution in [3.8, 4) is 0 Å². The van der Waals surface area contributed by atoms with Crippen molar-refractivity contribution >= 4 is 12.4 Å². The lowest BCUT2D eigenvalue weighted by Gasteiger charge is -2.10. The van der Waals surface area contributed by atoms with Crippen molar-refractivity contribution in [3.05, 3.63) is 11.4 Å². The zero-order valence-corrected chi connectivity index (χ0v) is 7.19. The van der Waals surface area contributed by atoms with E-state index in [-0.39, 0.29) is 12.4 Å². The third kappa shape index (κ3) is 1.36. The summed E-state index contributed by atoms with van der Waals surface area (Å²) in [4.78, 5) is 0. The molecule has 2 heterocycles. The fraction of sp³-hybridized carbons (Fsp3) is 0.667. The first-order valence-corrected chi connectivity index (χ1v) is 3.46. The summed E-state index contributed by atoms with van der Waals surface area (Å²) in [5.41, 5.74) is 2.38. The van der Waals surface area contributed by atoms with Crippen LogP contribution in [-0.4, -0.2) is 21.5 Å². The van der Waals surface area contributed by atoms with E-state index in [1.807, 2.05) is 11.7 Å². The van der Waals surface area contributed by atoms with Gasteiger partial charge < -0.3 is 5.32 Å². The standard InChI is InChI=1S/C6H10N4.ClH/c1-10-6-4-7-3-2-5(6)8-9-10;/h7H,2-4H2,1H3;1H. The van der Waals surface area contributed by atoms with Gasteiger partial charge >= 0.3 is 0 Å². The number of aryl methyl sites for hydroxylation is 1. The Morgan fingerprint density at radius 1 is 1.55 bits per heavy atom. The summed E-state index contributed by atoms with van der Waals surface area (Å²) >= 11 is 0. The third-order valence-electron chi connectivity index (χ3n) is 1.85. The maximum atomic E-state index is 4.03. The first kappa shape index (κ1) is 8.49. The van der Waals surface area contributed by atoms with Crippen LogP contribution in [0.2, 0.25) is 0 Å². The Bertz CT molecular complexity index is 245. The summed E-state index contributed by atoms with van der Waals surface area (Å²) in [5, 5.41) is 11.2. The van der Waals surface area contributed by atoms with Gasteiger partial charge in [-0.15, -0.1) is 17.5 Å². The topological polar surface area (TPSA) is 42.7 Å². The van der Waals surface area contributed by atoms with E-state index in [0.29, 0.717) is 0 Å². The molecule has 0 spiro atoms. The molecule has 1 N–H and O–H groups in total. The Balaban J connectivity index is 0.000000605. The molecule has 0 unspecified atom stereocenters. The van der Waals surface area contributed by atoms with Crippen LogP contribution in [0.5, 0.6) is 0 Å². The maximum absolute atomic E-state index is 4.03. The number of aromatic nitrogens is 3. The molecule has 0 fully saturated rings. The van der Waals surface area contributed by atoms with E-state index in [4.69, 9.17) is 0 Å². The second-order valence-corrected chi connectivity index (χ2v) is 2.53. The van der Waals surface area contributed by atoms with Crippen molar-refractivity contribution in [1.29, 1.82) is 0 Å². The van der Waals surface area contributed by atoms with Crippen molar-refractivity contribution in [2.75, 3.05) is 6.54 Å². The molecule has 0 saturated carbocycles. The van der Waals surface area contributed by atoms with Gasteiger partial charge in [0.05, 0.1) is 11.4 Å². The van der Waals surface area contributed by atoms with E-state index < -0.39 is 0 Å². The molecular weight excluding hydrogens is 164 g/mol. The summed E-state index contributed by atoms with van der Waals surface area (Å²) in [7, 11) is 1.93. The second kappa shape index (κ2) is 3.19. The Morgan fingerprint density at radius 3 is 3.09 bits per heavy atom. The molecule has 0 saturated heterocycles. The lowest BCUT2D eigenvalue weighted by molar-refractivity contribution is 0.593. The molecule has 1 aliphatic rings. The number of nitrogens with zero attached hydrogens (tertiary/aromatic N) is 3. The summed E-state index contributed by atoms with van der Waals surface area (Å²) < 4.78 is 1.83. The van der Waals surface area contributed by atoms with Crippen LogP contribution in [0.25, 0.3) is 0 Å². The number of halogens is 1. The smallest absolute Gasteiger partial charge is 0.0885 e. The van der Waals surface area contributed by atoms with Gasteiger partial charge in [-0.2, -0.15) is 0 Å². The van der Waals surface area contributed by atoms with Gasteiger partial charge in [-0.1, -0.05) is 5.21 Å². The molecule has 0 aromatic carbocycles. The van der Waals surface area contributed by atoms with E-state index >= 15 is 0 Å². The molecule has 0 bridgehead atoms. The predicted molar refractivity (Wildman–Crippen MR) is 43.7 cm³/mol. The number of hydrogen-bond acceptors (Lipinski definition) is 3. The maximum Gasteiger partial charge on any atom is 0.0885 e. The number of fused-ring (bicyclic) bond motifs is 1. The first-order valence-electron chi connectivity index (χ1n) is 3.46. The van der Waals surface area contributed by atoms with Crippen LogP contribution in [0.3, 0.4) is 0 Å². The molecule has 0 aliphatic carbocycles.